The molecule has 0 spiro atoms. The summed E-state index contributed by atoms with van der Waals surface area (Å²) in [7, 11) is 1.89. The van der Waals surface area contributed by atoms with Crippen LogP contribution in [0, 0.1) is 27.6 Å². The number of pyridine rings is 1. The average Bonchev–Trinajstić information content (AvgIpc) is 2.33. The van der Waals surface area contributed by atoms with Gasteiger partial charge in [0.05, 0.1) is 0 Å². The Bertz CT molecular complexity index is 658. The van der Waals surface area contributed by atoms with Gasteiger partial charge in [0, 0.05) is 21.3 Å². The van der Waals surface area contributed by atoms with Crippen molar-refractivity contribution in [3.8, 4) is 11.3 Å². The van der Waals surface area contributed by atoms with Gasteiger partial charge in [-0.05, 0) is 44.8 Å². The maximum absolute atomic E-state index is 7.58. The summed E-state index contributed by atoms with van der Waals surface area (Å²) < 4.78 is 24.6. The average molecular weight is 229 g/mol. The van der Waals surface area contributed by atoms with E-state index in [1.54, 1.807) is 6.20 Å². The Morgan fingerprint density at radius 3 is 2.47 bits per heavy atom. The monoisotopic (exact) mass is 229 g/mol. The van der Waals surface area contributed by atoms with Gasteiger partial charge in [0.15, 0.2) is 6.20 Å². The Morgan fingerprint density at radius 2 is 1.76 bits per heavy atom. The third-order valence-electron chi connectivity index (χ3n) is 3.15. The van der Waals surface area contributed by atoms with Crippen LogP contribution in [0.1, 0.15) is 26.4 Å². The SMILES string of the molecule is [2H]C([2H])([2H])c1c[n+](C)c(-c2cc(C)ccc2C)cc1C. The van der Waals surface area contributed by atoms with E-state index in [-0.39, 0.29) is 0 Å². The van der Waals surface area contributed by atoms with Crippen molar-refractivity contribution in [2.45, 2.75) is 27.6 Å². The Balaban J connectivity index is 2.65. The number of nitrogens with zero attached hydrogens (tertiary/aromatic N) is 1. The Labute approximate surface area is 108 Å². The fraction of sp³-hybridized carbons (Fsp3) is 0.312. The normalized spacial score (nSPS) is 14.0. The van der Waals surface area contributed by atoms with Crippen LogP contribution in [-0.2, 0) is 7.05 Å². The maximum Gasteiger partial charge on any atom is 0.212 e. The predicted octanol–water partition coefficient (Wildman–Crippen LogP) is 3.41. The van der Waals surface area contributed by atoms with Gasteiger partial charge >= 0.3 is 0 Å². The molecule has 0 aliphatic heterocycles. The summed E-state index contributed by atoms with van der Waals surface area (Å²) in [6.07, 6.45) is 1.72. The van der Waals surface area contributed by atoms with E-state index in [4.69, 9.17) is 4.11 Å². The van der Waals surface area contributed by atoms with Crippen LogP contribution < -0.4 is 4.57 Å². The molecule has 0 radical (unpaired) electrons. The third-order valence-corrected chi connectivity index (χ3v) is 3.15. The minimum absolute atomic E-state index is 0.411. The second kappa shape index (κ2) is 4.33. The largest absolute Gasteiger partial charge is 0.212 e. The van der Waals surface area contributed by atoms with Gasteiger partial charge in [-0.1, -0.05) is 17.7 Å². The van der Waals surface area contributed by atoms with Gasteiger partial charge in [0.25, 0.3) is 0 Å². The highest BCUT2D eigenvalue weighted by molar-refractivity contribution is 5.62. The number of hydrogen-bond donors (Lipinski definition) is 0. The molecule has 0 N–H and O–H groups in total. The molecule has 0 fully saturated rings. The zero-order valence-electron chi connectivity index (χ0n) is 13.8. The first-order valence-electron chi connectivity index (χ1n) is 7.28. The Kier molecular flexibility index (Phi) is 2.15. The van der Waals surface area contributed by atoms with Crippen molar-refractivity contribution < 1.29 is 8.68 Å². The first-order chi connectivity index (χ1) is 9.20. The number of hydrogen-bond acceptors (Lipinski definition) is 0. The summed E-state index contributed by atoms with van der Waals surface area (Å²) in [5, 5.41) is 0. The zero-order chi connectivity index (χ0) is 15.1. The van der Waals surface area contributed by atoms with Crippen LogP contribution in [0.25, 0.3) is 11.3 Å². The molecule has 17 heavy (non-hydrogen) atoms. The fourth-order valence-electron chi connectivity index (χ4n) is 2.03. The third kappa shape index (κ3) is 2.23. The van der Waals surface area contributed by atoms with Gasteiger partial charge < -0.3 is 0 Å². The highest BCUT2D eigenvalue weighted by Crippen LogP contribution is 2.23. The first-order valence-corrected chi connectivity index (χ1v) is 5.78. The van der Waals surface area contributed by atoms with Gasteiger partial charge in [-0.25, -0.2) is 4.57 Å². The molecule has 0 atom stereocenters. The van der Waals surface area contributed by atoms with E-state index in [1.807, 2.05) is 24.6 Å². The standard InChI is InChI=1S/C16H20N/c1-11-6-7-12(2)15(8-11)16-9-13(3)14(4)10-17(16)5/h6-10H,1-5H3/q+1/i4D3. The summed E-state index contributed by atoms with van der Waals surface area (Å²) in [5.74, 6) is 0. The lowest BCUT2D eigenvalue weighted by molar-refractivity contribution is -0.660. The van der Waals surface area contributed by atoms with Crippen molar-refractivity contribution in [3.63, 3.8) is 0 Å². The smallest absolute Gasteiger partial charge is 0.201 e. The lowest BCUT2D eigenvalue weighted by Gasteiger charge is -2.07. The minimum Gasteiger partial charge on any atom is -0.201 e. The Morgan fingerprint density at radius 1 is 1.00 bits per heavy atom. The van der Waals surface area contributed by atoms with Crippen LogP contribution in [0.2, 0.25) is 0 Å². The van der Waals surface area contributed by atoms with E-state index in [0.717, 1.165) is 16.8 Å². The molecule has 2 aromatic rings. The Hall–Kier alpha value is -1.63. The van der Waals surface area contributed by atoms with Gasteiger partial charge in [-0.3, -0.25) is 0 Å². The number of rotatable bonds is 1. The second-order valence-corrected chi connectivity index (χ2v) is 4.68. The van der Waals surface area contributed by atoms with E-state index in [2.05, 4.69) is 32.0 Å². The molecule has 0 saturated heterocycles. The summed E-state index contributed by atoms with van der Waals surface area (Å²) in [4.78, 5) is 0. The number of aromatic nitrogens is 1. The molecule has 0 bridgehead atoms. The van der Waals surface area contributed by atoms with Crippen LogP contribution in [0.4, 0.5) is 0 Å². The molecule has 1 heterocycles. The highest BCUT2D eigenvalue weighted by atomic mass is 14.9. The number of benzene rings is 1. The predicted molar refractivity (Wildman–Crippen MR) is 72.0 cm³/mol. The van der Waals surface area contributed by atoms with Crippen molar-refractivity contribution in [2.75, 3.05) is 0 Å². The van der Waals surface area contributed by atoms with Crippen molar-refractivity contribution >= 4 is 0 Å². The summed E-state index contributed by atoms with van der Waals surface area (Å²) in [5.41, 5.74) is 5.79. The molecule has 1 nitrogen and oxygen atoms in total. The lowest BCUT2D eigenvalue weighted by Crippen LogP contribution is -2.31. The molecule has 0 aliphatic carbocycles. The van der Waals surface area contributed by atoms with Crippen molar-refractivity contribution in [2.24, 2.45) is 7.05 Å². The molecular weight excluding hydrogens is 206 g/mol. The minimum atomic E-state index is -2.07. The molecule has 1 aromatic heterocycles. The topological polar surface area (TPSA) is 3.88 Å². The van der Waals surface area contributed by atoms with Gasteiger partial charge in [-0.15, -0.1) is 0 Å². The highest BCUT2D eigenvalue weighted by Gasteiger charge is 2.14. The van der Waals surface area contributed by atoms with Crippen molar-refractivity contribution in [1.29, 1.82) is 0 Å². The lowest BCUT2D eigenvalue weighted by atomic mass is 10.00. The van der Waals surface area contributed by atoms with E-state index in [9.17, 15) is 0 Å². The van der Waals surface area contributed by atoms with E-state index < -0.39 is 6.85 Å². The molecule has 2 rings (SSSR count). The van der Waals surface area contributed by atoms with Crippen molar-refractivity contribution in [1.82, 2.24) is 0 Å². The molecule has 0 aliphatic rings. The van der Waals surface area contributed by atoms with Crippen LogP contribution in [0.5, 0.6) is 0 Å². The summed E-state index contributed by atoms with van der Waals surface area (Å²) >= 11 is 0. The molecule has 1 heteroatoms. The molecule has 0 unspecified atom stereocenters. The van der Waals surface area contributed by atoms with E-state index >= 15 is 0 Å². The summed E-state index contributed by atoms with van der Waals surface area (Å²) in [6, 6.07) is 8.28. The van der Waals surface area contributed by atoms with Crippen LogP contribution in [0.3, 0.4) is 0 Å². The summed E-state index contributed by atoms with van der Waals surface area (Å²) in [6.45, 7) is 3.92. The molecular formula is C16H20N+. The molecule has 88 valence electrons. The van der Waals surface area contributed by atoms with Gasteiger partial charge in [0.2, 0.25) is 5.69 Å². The van der Waals surface area contributed by atoms with Gasteiger partial charge in [0.1, 0.15) is 7.05 Å². The maximum atomic E-state index is 7.58. The second-order valence-electron chi connectivity index (χ2n) is 4.68. The fourth-order valence-corrected chi connectivity index (χ4v) is 2.03. The van der Waals surface area contributed by atoms with Crippen molar-refractivity contribution in [3.05, 3.63) is 52.7 Å². The molecule has 1 aromatic carbocycles. The van der Waals surface area contributed by atoms with E-state index in [1.165, 1.54) is 11.1 Å². The van der Waals surface area contributed by atoms with Gasteiger partial charge in [-0.2, -0.15) is 0 Å². The number of aryl methyl sites for hydroxylation is 5. The quantitative estimate of drug-likeness (QED) is 0.660. The van der Waals surface area contributed by atoms with Crippen LogP contribution in [-0.4, -0.2) is 0 Å². The zero-order valence-corrected chi connectivity index (χ0v) is 10.8. The molecule has 0 amide bonds. The van der Waals surface area contributed by atoms with E-state index in [0.29, 0.717) is 5.56 Å². The van der Waals surface area contributed by atoms with Crippen LogP contribution >= 0.6 is 0 Å². The molecule has 0 saturated carbocycles. The first kappa shape index (κ1) is 8.46. The van der Waals surface area contributed by atoms with Crippen LogP contribution in [0.15, 0.2) is 30.5 Å².